The molecule has 21 heavy (non-hydrogen) atoms. The van der Waals surface area contributed by atoms with Crippen LogP contribution in [0.5, 0.6) is 11.5 Å². The van der Waals surface area contributed by atoms with Crippen molar-refractivity contribution in [3.05, 3.63) is 28.2 Å². The molecule has 0 fully saturated rings. The first-order chi connectivity index (χ1) is 10.1. The summed E-state index contributed by atoms with van der Waals surface area (Å²) < 4.78 is 12.2. The van der Waals surface area contributed by atoms with Crippen molar-refractivity contribution in [3.8, 4) is 11.5 Å². The van der Waals surface area contributed by atoms with Gasteiger partial charge in [0.15, 0.2) is 11.4 Å². The van der Waals surface area contributed by atoms with Gasteiger partial charge in [0, 0.05) is 6.54 Å². The largest absolute Gasteiger partial charge is 0.495 e. The van der Waals surface area contributed by atoms with E-state index >= 15 is 0 Å². The summed E-state index contributed by atoms with van der Waals surface area (Å²) in [4.78, 5) is 15.4. The molecule has 0 aromatic carbocycles. The molecule has 0 radical (unpaired) electrons. The van der Waals surface area contributed by atoms with E-state index in [1.54, 1.807) is 24.1 Å². The number of ether oxygens (including phenoxy) is 2. The van der Waals surface area contributed by atoms with E-state index in [0.717, 1.165) is 6.54 Å². The number of aromatic nitrogens is 2. The Morgan fingerprint density at radius 2 is 2.05 bits per heavy atom. The lowest BCUT2D eigenvalue weighted by molar-refractivity contribution is 0.102. The summed E-state index contributed by atoms with van der Waals surface area (Å²) in [5.74, 6) is 0.927. The van der Waals surface area contributed by atoms with Crippen molar-refractivity contribution >= 4 is 17.1 Å². The second-order valence-electron chi connectivity index (χ2n) is 4.74. The molecule has 0 bridgehead atoms. The van der Waals surface area contributed by atoms with E-state index in [-0.39, 0.29) is 5.78 Å². The molecular formula is C14H19N3O3S. The Kier molecular flexibility index (Phi) is 4.98. The first kappa shape index (κ1) is 15.5. The SMILES string of the molecule is COc1ccsc1C(=O)c1c(OC)cnn1CCN(C)C. The number of methoxy groups -OCH3 is 2. The molecule has 2 rings (SSSR count). The molecular weight excluding hydrogens is 290 g/mol. The van der Waals surface area contributed by atoms with Gasteiger partial charge in [0.2, 0.25) is 5.78 Å². The van der Waals surface area contributed by atoms with Gasteiger partial charge >= 0.3 is 0 Å². The maximum absolute atomic E-state index is 12.8. The van der Waals surface area contributed by atoms with Gasteiger partial charge in [-0.2, -0.15) is 5.10 Å². The molecule has 0 saturated carbocycles. The number of likely N-dealkylation sites (N-methyl/N-ethyl adjacent to an activating group) is 1. The normalized spacial score (nSPS) is 10.9. The summed E-state index contributed by atoms with van der Waals surface area (Å²) in [5.41, 5.74) is 0.458. The standard InChI is InChI=1S/C14H19N3O3S/c1-16(2)6-7-17-12(11(20-4)9-15-17)13(18)14-10(19-3)5-8-21-14/h5,8-9H,6-7H2,1-4H3. The zero-order valence-electron chi connectivity index (χ0n) is 12.6. The van der Waals surface area contributed by atoms with E-state index in [2.05, 4.69) is 5.10 Å². The summed E-state index contributed by atoms with van der Waals surface area (Å²) in [6, 6.07) is 1.78. The van der Waals surface area contributed by atoms with Crippen molar-refractivity contribution in [2.75, 3.05) is 34.9 Å². The Morgan fingerprint density at radius 3 is 2.67 bits per heavy atom. The second kappa shape index (κ2) is 6.73. The summed E-state index contributed by atoms with van der Waals surface area (Å²) in [5, 5.41) is 6.09. The molecule has 7 heteroatoms. The Morgan fingerprint density at radius 1 is 1.33 bits per heavy atom. The minimum Gasteiger partial charge on any atom is -0.495 e. The number of rotatable bonds is 7. The summed E-state index contributed by atoms with van der Waals surface area (Å²) >= 11 is 1.35. The van der Waals surface area contributed by atoms with Gasteiger partial charge in [-0.3, -0.25) is 9.48 Å². The fourth-order valence-electron chi connectivity index (χ4n) is 1.94. The van der Waals surface area contributed by atoms with Gasteiger partial charge in [0.25, 0.3) is 0 Å². The molecule has 0 unspecified atom stereocenters. The van der Waals surface area contributed by atoms with Gasteiger partial charge < -0.3 is 14.4 Å². The maximum Gasteiger partial charge on any atom is 0.228 e. The molecule has 6 nitrogen and oxygen atoms in total. The second-order valence-corrected chi connectivity index (χ2v) is 5.65. The van der Waals surface area contributed by atoms with E-state index in [9.17, 15) is 4.79 Å². The number of nitrogens with zero attached hydrogens (tertiary/aromatic N) is 3. The van der Waals surface area contributed by atoms with E-state index < -0.39 is 0 Å². The monoisotopic (exact) mass is 309 g/mol. The van der Waals surface area contributed by atoms with Crippen molar-refractivity contribution in [1.82, 2.24) is 14.7 Å². The van der Waals surface area contributed by atoms with Crippen LogP contribution in [0.15, 0.2) is 17.6 Å². The molecule has 0 aliphatic rings. The molecule has 0 spiro atoms. The highest BCUT2D eigenvalue weighted by atomic mass is 32.1. The Balaban J connectivity index is 2.36. The van der Waals surface area contributed by atoms with Crippen LogP contribution in [-0.2, 0) is 6.54 Å². The zero-order valence-corrected chi connectivity index (χ0v) is 13.4. The minimum absolute atomic E-state index is 0.130. The van der Waals surface area contributed by atoms with Crippen LogP contribution >= 0.6 is 11.3 Å². The fraction of sp³-hybridized carbons (Fsp3) is 0.429. The highest BCUT2D eigenvalue weighted by Crippen LogP contribution is 2.30. The average Bonchev–Trinajstić information content (AvgIpc) is 3.10. The van der Waals surface area contributed by atoms with Gasteiger partial charge in [-0.25, -0.2) is 0 Å². The fourth-order valence-corrected chi connectivity index (χ4v) is 2.74. The molecule has 0 amide bonds. The van der Waals surface area contributed by atoms with Crippen molar-refractivity contribution in [3.63, 3.8) is 0 Å². The van der Waals surface area contributed by atoms with Crippen molar-refractivity contribution in [2.45, 2.75) is 6.54 Å². The van der Waals surface area contributed by atoms with Crippen LogP contribution in [0.2, 0.25) is 0 Å². The van der Waals surface area contributed by atoms with E-state index in [4.69, 9.17) is 9.47 Å². The van der Waals surface area contributed by atoms with Gasteiger partial charge in [0.05, 0.1) is 27.0 Å². The average molecular weight is 309 g/mol. The number of hydrogen-bond acceptors (Lipinski definition) is 6. The third kappa shape index (κ3) is 3.25. The van der Waals surface area contributed by atoms with Gasteiger partial charge in [-0.15, -0.1) is 11.3 Å². The van der Waals surface area contributed by atoms with E-state index in [0.29, 0.717) is 28.6 Å². The molecule has 2 aromatic heterocycles. The van der Waals surface area contributed by atoms with Gasteiger partial charge in [-0.1, -0.05) is 0 Å². The maximum atomic E-state index is 12.8. The van der Waals surface area contributed by atoms with Gasteiger partial charge in [-0.05, 0) is 25.5 Å². The number of carbonyl (C=O) groups excluding carboxylic acids is 1. The molecule has 0 saturated heterocycles. The van der Waals surface area contributed by atoms with Crippen LogP contribution in [0.25, 0.3) is 0 Å². The third-order valence-corrected chi connectivity index (χ3v) is 3.95. The molecule has 0 N–H and O–H groups in total. The van der Waals surface area contributed by atoms with Crippen LogP contribution in [0.3, 0.4) is 0 Å². The van der Waals surface area contributed by atoms with Crippen LogP contribution in [-0.4, -0.2) is 55.3 Å². The summed E-state index contributed by atoms with van der Waals surface area (Å²) in [6.45, 7) is 1.40. The van der Waals surface area contributed by atoms with E-state index in [1.165, 1.54) is 18.4 Å². The quantitative estimate of drug-likeness (QED) is 0.729. The molecule has 0 aliphatic heterocycles. The molecule has 2 heterocycles. The minimum atomic E-state index is -0.130. The summed E-state index contributed by atoms with van der Waals surface area (Å²) in [6.07, 6.45) is 1.57. The number of thiophene rings is 1. The van der Waals surface area contributed by atoms with Crippen LogP contribution in [0, 0.1) is 0 Å². The van der Waals surface area contributed by atoms with Crippen LogP contribution in [0.1, 0.15) is 15.4 Å². The molecule has 114 valence electrons. The molecule has 0 aliphatic carbocycles. The highest BCUT2D eigenvalue weighted by Gasteiger charge is 2.24. The lowest BCUT2D eigenvalue weighted by atomic mass is 10.2. The van der Waals surface area contributed by atoms with E-state index in [1.807, 2.05) is 24.4 Å². The number of hydrogen-bond donors (Lipinski definition) is 0. The number of carbonyl (C=O) groups is 1. The number of ketones is 1. The van der Waals surface area contributed by atoms with Crippen LogP contribution < -0.4 is 9.47 Å². The smallest absolute Gasteiger partial charge is 0.228 e. The predicted molar refractivity (Wildman–Crippen MR) is 81.6 cm³/mol. The van der Waals surface area contributed by atoms with Crippen molar-refractivity contribution < 1.29 is 14.3 Å². The van der Waals surface area contributed by atoms with Crippen LogP contribution in [0.4, 0.5) is 0 Å². The Hall–Kier alpha value is -1.86. The Labute approximate surface area is 127 Å². The highest BCUT2D eigenvalue weighted by molar-refractivity contribution is 7.12. The topological polar surface area (TPSA) is 56.6 Å². The predicted octanol–water partition coefficient (Wildman–Crippen LogP) is 1.75. The lowest BCUT2D eigenvalue weighted by Gasteiger charge is -2.12. The van der Waals surface area contributed by atoms with Crippen molar-refractivity contribution in [1.29, 1.82) is 0 Å². The Bertz CT molecular complexity index is 619. The summed E-state index contributed by atoms with van der Waals surface area (Å²) in [7, 11) is 7.05. The zero-order chi connectivity index (χ0) is 15.4. The van der Waals surface area contributed by atoms with Crippen molar-refractivity contribution in [2.24, 2.45) is 0 Å². The molecule has 2 aromatic rings. The first-order valence-electron chi connectivity index (χ1n) is 6.49. The molecule has 0 atom stereocenters. The lowest BCUT2D eigenvalue weighted by Crippen LogP contribution is -2.21. The first-order valence-corrected chi connectivity index (χ1v) is 7.37. The van der Waals surface area contributed by atoms with Gasteiger partial charge in [0.1, 0.15) is 10.6 Å². The third-order valence-electron chi connectivity index (χ3n) is 3.06.